The van der Waals surface area contributed by atoms with Crippen LogP contribution >= 0.6 is 0 Å². The number of nitrogens with one attached hydrogen (secondary N) is 1. The Labute approximate surface area is 208 Å². The number of benzene rings is 1. The molecule has 2 aromatic rings. The summed E-state index contributed by atoms with van der Waals surface area (Å²) in [6.45, 7) is 10.5. The van der Waals surface area contributed by atoms with Gasteiger partial charge in [0.2, 0.25) is 5.91 Å². The zero-order valence-electron chi connectivity index (χ0n) is 20.9. The molecule has 4 heterocycles. The van der Waals surface area contributed by atoms with Crippen molar-refractivity contribution in [1.82, 2.24) is 15.1 Å². The lowest BCUT2D eigenvalue weighted by Gasteiger charge is -2.32. The molecule has 0 bridgehead atoms. The first kappa shape index (κ1) is 24.0. The maximum atomic E-state index is 12.9. The molecular formula is C27H38N6O2. The van der Waals surface area contributed by atoms with Gasteiger partial charge in [0.25, 0.3) is 0 Å². The molecule has 0 saturated carbocycles. The van der Waals surface area contributed by atoms with E-state index >= 15 is 0 Å². The van der Waals surface area contributed by atoms with E-state index < -0.39 is 0 Å². The van der Waals surface area contributed by atoms with Crippen molar-refractivity contribution < 1.29 is 9.53 Å². The van der Waals surface area contributed by atoms with Gasteiger partial charge in [-0.15, -0.1) is 10.2 Å². The number of hydrogen-bond donors (Lipinski definition) is 1. The van der Waals surface area contributed by atoms with E-state index in [0.717, 1.165) is 82.0 Å². The van der Waals surface area contributed by atoms with Crippen LogP contribution in [0.1, 0.15) is 38.2 Å². The molecule has 1 amide bonds. The maximum absolute atomic E-state index is 12.9. The molecule has 1 aromatic heterocycles. The van der Waals surface area contributed by atoms with Gasteiger partial charge in [-0.1, -0.05) is 19.1 Å². The van der Waals surface area contributed by atoms with Gasteiger partial charge in [0, 0.05) is 44.3 Å². The number of amides is 1. The number of likely N-dealkylation sites (tertiary alicyclic amines) is 1. The third-order valence-electron chi connectivity index (χ3n) is 7.67. The minimum atomic E-state index is 0.0295. The van der Waals surface area contributed by atoms with Crippen molar-refractivity contribution >= 4 is 23.2 Å². The molecule has 1 aromatic carbocycles. The second kappa shape index (κ2) is 11.4. The van der Waals surface area contributed by atoms with Gasteiger partial charge in [0.15, 0.2) is 11.6 Å². The monoisotopic (exact) mass is 478 g/mol. The molecule has 35 heavy (non-hydrogen) atoms. The molecule has 0 aliphatic carbocycles. The molecule has 3 saturated heterocycles. The standard InChI is InChI=1S/C27H38N6O2/c1-21-8-12-31(13-9-21)20-22-2-4-24(5-3-22)28-27(34)23-10-14-32(15-11-23)25-6-7-26(30-29-25)33-16-18-35-19-17-33/h2-7,21,23H,8-20H2,1H3,(H,28,34). The predicted octanol–water partition coefficient (Wildman–Crippen LogP) is 3.40. The maximum Gasteiger partial charge on any atom is 0.227 e. The topological polar surface area (TPSA) is 73.8 Å². The molecule has 0 unspecified atom stereocenters. The van der Waals surface area contributed by atoms with E-state index in [1.54, 1.807) is 0 Å². The van der Waals surface area contributed by atoms with E-state index in [-0.39, 0.29) is 11.8 Å². The van der Waals surface area contributed by atoms with Crippen LogP contribution in [0.2, 0.25) is 0 Å². The summed E-state index contributed by atoms with van der Waals surface area (Å²) in [5, 5.41) is 12.0. The van der Waals surface area contributed by atoms with E-state index in [2.05, 4.69) is 49.3 Å². The molecule has 8 heteroatoms. The molecule has 3 fully saturated rings. The summed E-state index contributed by atoms with van der Waals surface area (Å²) in [6, 6.07) is 12.5. The normalized spacial score (nSPS) is 20.7. The van der Waals surface area contributed by atoms with Gasteiger partial charge in [-0.3, -0.25) is 9.69 Å². The molecule has 3 aliphatic heterocycles. The average molecular weight is 479 g/mol. The number of anilines is 3. The molecule has 1 N–H and O–H groups in total. The Hall–Kier alpha value is -2.71. The van der Waals surface area contributed by atoms with Gasteiger partial charge >= 0.3 is 0 Å². The smallest absolute Gasteiger partial charge is 0.227 e. The Kier molecular flexibility index (Phi) is 7.79. The molecule has 3 aliphatic rings. The third-order valence-corrected chi connectivity index (χ3v) is 7.67. The van der Waals surface area contributed by atoms with E-state index in [1.165, 1.54) is 31.5 Å². The van der Waals surface area contributed by atoms with Crippen LogP contribution in [0.4, 0.5) is 17.3 Å². The van der Waals surface area contributed by atoms with Crippen molar-refractivity contribution in [2.75, 3.05) is 67.6 Å². The number of piperidine rings is 2. The van der Waals surface area contributed by atoms with Gasteiger partial charge in [0.1, 0.15) is 0 Å². The summed E-state index contributed by atoms with van der Waals surface area (Å²) in [4.78, 5) is 19.8. The Morgan fingerprint density at radius 1 is 0.857 bits per heavy atom. The fraction of sp³-hybridized carbons (Fsp3) is 0.593. The summed E-state index contributed by atoms with van der Waals surface area (Å²) in [7, 11) is 0. The van der Waals surface area contributed by atoms with Crippen molar-refractivity contribution in [2.45, 2.75) is 39.2 Å². The highest BCUT2D eigenvalue weighted by Crippen LogP contribution is 2.25. The minimum Gasteiger partial charge on any atom is -0.378 e. The van der Waals surface area contributed by atoms with Gasteiger partial charge in [-0.2, -0.15) is 0 Å². The van der Waals surface area contributed by atoms with Crippen molar-refractivity contribution in [3.8, 4) is 0 Å². The predicted molar refractivity (Wildman–Crippen MR) is 139 cm³/mol. The Morgan fingerprint density at radius 3 is 2.06 bits per heavy atom. The highest BCUT2D eigenvalue weighted by atomic mass is 16.5. The van der Waals surface area contributed by atoms with Gasteiger partial charge in [-0.05, 0) is 74.5 Å². The number of ether oxygens (including phenoxy) is 1. The quantitative estimate of drug-likeness (QED) is 0.682. The zero-order chi connectivity index (χ0) is 24.0. The van der Waals surface area contributed by atoms with Crippen LogP contribution in [0.25, 0.3) is 0 Å². The van der Waals surface area contributed by atoms with Crippen molar-refractivity contribution in [3.05, 3.63) is 42.0 Å². The van der Waals surface area contributed by atoms with Crippen molar-refractivity contribution in [2.24, 2.45) is 11.8 Å². The van der Waals surface area contributed by atoms with Crippen LogP contribution < -0.4 is 15.1 Å². The lowest BCUT2D eigenvalue weighted by Crippen LogP contribution is -2.39. The minimum absolute atomic E-state index is 0.0295. The number of morpholine rings is 1. The lowest BCUT2D eigenvalue weighted by atomic mass is 9.95. The molecule has 8 nitrogen and oxygen atoms in total. The zero-order valence-corrected chi connectivity index (χ0v) is 20.9. The number of rotatable bonds is 6. The first-order valence-corrected chi connectivity index (χ1v) is 13.2. The Morgan fingerprint density at radius 2 is 1.46 bits per heavy atom. The Bertz CT molecular complexity index is 945. The Balaban J connectivity index is 1.07. The van der Waals surface area contributed by atoms with Gasteiger partial charge in [0.05, 0.1) is 13.2 Å². The second-order valence-electron chi connectivity index (χ2n) is 10.3. The van der Waals surface area contributed by atoms with E-state index in [9.17, 15) is 4.79 Å². The summed E-state index contributed by atoms with van der Waals surface area (Å²) < 4.78 is 5.41. The summed E-state index contributed by atoms with van der Waals surface area (Å²) >= 11 is 0. The van der Waals surface area contributed by atoms with Gasteiger partial charge < -0.3 is 19.9 Å². The van der Waals surface area contributed by atoms with Crippen LogP contribution in [-0.2, 0) is 16.1 Å². The average Bonchev–Trinajstić information content (AvgIpc) is 2.92. The number of nitrogens with zero attached hydrogens (tertiary/aromatic N) is 5. The molecule has 0 atom stereocenters. The largest absolute Gasteiger partial charge is 0.378 e. The van der Waals surface area contributed by atoms with Crippen LogP contribution in [0.3, 0.4) is 0 Å². The third kappa shape index (κ3) is 6.30. The molecule has 188 valence electrons. The van der Waals surface area contributed by atoms with E-state index in [0.29, 0.717) is 0 Å². The molecule has 5 rings (SSSR count). The van der Waals surface area contributed by atoms with Crippen LogP contribution in [-0.4, -0.2) is 73.5 Å². The lowest BCUT2D eigenvalue weighted by molar-refractivity contribution is -0.120. The van der Waals surface area contributed by atoms with Crippen LogP contribution in [0, 0.1) is 11.8 Å². The summed E-state index contributed by atoms with van der Waals surface area (Å²) in [6.07, 6.45) is 4.23. The first-order valence-electron chi connectivity index (χ1n) is 13.2. The number of carbonyl (C=O) groups is 1. The fourth-order valence-electron chi connectivity index (χ4n) is 5.23. The van der Waals surface area contributed by atoms with Crippen LogP contribution in [0.5, 0.6) is 0 Å². The van der Waals surface area contributed by atoms with Gasteiger partial charge in [-0.25, -0.2) is 0 Å². The number of carbonyl (C=O) groups excluding carboxylic acids is 1. The SMILES string of the molecule is CC1CCN(Cc2ccc(NC(=O)C3CCN(c4ccc(N5CCOCC5)nn4)CC3)cc2)CC1. The molecule has 0 radical (unpaired) electrons. The molecule has 0 spiro atoms. The van der Waals surface area contributed by atoms with Crippen molar-refractivity contribution in [1.29, 1.82) is 0 Å². The summed E-state index contributed by atoms with van der Waals surface area (Å²) in [5.41, 5.74) is 2.20. The first-order chi connectivity index (χ1) is 17.1. The van der Waals surface area contributed by atoms with Crippen molar-refractivity contribution in [3.63, 3.8) is 0 Å². The highest BCUT2D eigenvalue weighted by molar-refractivity contribution is 5.92. The van der Waals surface area contributed by atoms with E-state index in [4.69, 9.17) is 4.74 Å². The second-order valence-corrected chi connectivity index (χ2v) is 10.3. The van der Waals surface area contributed by atoms with E-state index in [1.807, 2.05) is 24.3 Å². The summed E-state index contributed by atoms with van der Waals surface area (Å²) in [5.74, 6) is 2.80. The number of aromatic nitrogens is 2. The molecular weight excluding hydrogens is 440 g/mol. The van der Waals surface area contributed by atoms with Crippen LogP contribution in [0.15, 0.2) is 36.4 Å². The fourth-order valence-corrected chi connectivity index (χ4v) is 5.23. The number of hydrogen-bond acceptors (Lipinski definition) is 7. The highest BCUT2D eigenvalue weighted by Gasteiger charge is 2.26.